The van der Waals surface area contributed by atoms with Crippen LogP contribution in [-0.4, -0.2) is 54.8 Å². The fourth-order valence-electron chi connectivity index (χ4n) is 2.60. The van der Waals surface area contributed by atoms with Gasteiger partial charge in [0.05, 0.1) is 6.61 Å². The number of likely N-dealkylation sites (tertiary alicyclic amines) is 1. The van der Waals surface area contributed by atoms with E-state index in [1.165, 1.54) is 32.4 Å². The number of piperidine rings is 1. The van der Waals surface area contributed by atoms with Crippen LogP contribution in [0.25, 0.3) is 0 Å². The highest BCUT2D eigenvalue weighted by atomic mass is 32.2. The third-order valence-electron chi connectivity index (χ3n) is 3.94. The van der Waals surface area contributed by atoms with Crippen molar-refractivity contribution >= 4 is 11.8 Å². The average Bonchev–Trinajstić information content (AvgIpc) is 2.83. The molecule has 2 N–H and O–H groups in total. The predicted molar refractivity (Wildman–Crippen MR) is 65.3 cm³/mol. The Hall–Kier alpha value is 0.230. The van der Waals surface area contributed by atoms with E-state index < -0.39 is 0 Å². The number of hydrogen-bond donors (Lipinski definition) is 1. The van der Waals surface area contributed by atoms with Gasteiger partial charge in [-0.15, -0.1) is 0 Å². The van der Waals surface area contributed by atoms with E-state index in [-0.39, 0.29) is 0 Å². The smallest absolute Gasteiger partial charge is 0.0622 e. The van der Waals surface area contributed by atoms with Crippen molar-refractivity contribution in [2.45, 2.75) is 30.1 Å². The van der Waals surface area contributed by atoms with Gasteiger partial charge in [0.1, 0.15) is 0 Å². The molecule has 0 radical (unpaired) electrons. The molecule has 2 fully saturated rings. The number of nitrogens with two attached hydrogens (primary N) is 1. The Morgan fingerprint density at radius 1 is 1.47 bits per heavy atom. The summed E-state index contributed by atoms with van der Waals surface area (Å²) in [6.07, 6.45) is 5.89. The molecule has 1 atom stereocenters. The molecule has 0 spiro atoms. The summed E-state index contributed by atoms with van der Waals surface area (Å²) < 4.78 is 5.80. The lowest BCUT2D eigenvalue weighted by Gasteiger charge is -2.42. The van der Waals surface area contributed by atoms with Crippen molar-refractivity contribution in [2.75, 3.05) is 39.1 Å². The zero-order valence-corrected chi connectivity index (χ0v) is 10.4. The van der Waals surface area contributed by atoms with Crippen LogP contribution in [0, 0.1) is 0 Å². The Kier molecular flexibility index (Phi) is 3.93. The minimum atomic E-state index is 0.357. The molecule has 3 nitrogen and oxygen atoms in total. The van der Waals surface area contributed by atoms with Crippen LogP contribution in [0.3, 0.4) is 0 Å². The monoisotopic (exact) mass is 230 g/mol. The molecule has 15 heavy (non-hydrogen) atoms. The van der Waals surface area contributed by atoms with Crippen molar-refractivity contribution in [3.05, 3.63) is 0 Å². The third-order valence-corrected chi connectivity index (χ3v) is 5.38. The average molecular weight is 230 g/mol. The molecule has 0 aliphatic carbocycles. The van der Waals surface area contributed by atoms with Crippen molar-refractivity contribution in [1.29, 1.82) is 0 Å². The van der Waals surface area contributed by atoms with Gasteiger partial charge in [-0.3, -0.25) is 4.90 Å². The highest BCUT2D eigenvalue weighted by Crippen LogP contribution is 2.34. The highest BCUT2D eigenvalue weighted by Gasteiger charge is 2.35. The van der Waals surface area contributed by atoms with Crippen molar-refractivity contribution in [3.63, 3.8) is 0 Å². The Bertz CT molecular complexity index is 193. The SMILES string of the molecule is CSC1(CN)CCN(C2CCOC2)CC1. The Balaban J connectivity index is 1.85. The largest absolute Gasteiger partial charge is 0.380 e. The summed E-state index contributed by atoms with van der Waals surface area (Å²) in [6.45, 7) is 5.11. The molecular weight excluding hydrogens is 208 g/mol. The first-order valence-corrected chi connectivity index (χ1v) is 7.09. The molecular formula is C11H22N2OS. The second-order valence-corrected chi connectivity index (χ2v) is 5.92. The normalized spacial score (nSPS) is 32.0. The van der Waals surface area contributed by atoms with Crippen molar-refractivity contribution < 1.29 is 4.74 Å². The highest BCUT2D eigenvalue weighted by molar-refractivity contribution is 8.00. The van der Waals surface area contributed by atoms with Crippen LogP contribution in [0.4, 0.5) is 0 Å². The van der Waals surface area contributed by atoms with Crippen LogP contribution >= 0.6 is 11.8 Å². The molecule has 0 aromatic carbocycles. The third kappa shape index (κ3) is 2.49. The first-order valence-electron chi connectivity index (χ1n) is 5.87. The first kappa shape index (κ1) is 11.7. The number of ether oxygens (including phenoxy) is 1. The van der Waals surface area contributed by atoms with E-state index in [2.05, 4.69) is 11.2 Å². The first-order chi connectivity index (χ1) is 7.29. The standard InChI is InChI=1S/C11H22N2OS/c1-15-11(9-12)3-5-13(6-4-11)10-2-7-14-8-10/h10H,2-9,12H2,1H3. The Morgan fingerprint density at radius 3 is 2.67 bits per heavy atom. The van der Waals surface area contributed by atoms with E-state index in [9.17, 15) is 0 Å². The fourth-order valence-corrected chi connectivity index (χ4v) is 3.36. The van der Waals surface area contributed by atoms with Crippen LogP contribution in [0.15, 0.2) is 0 Å². The van der Waals surface area contributed by atoms with Gasteiger partial charge in [0.15, 0.2) is 0 Å². The Morgan fingerprint density at radius 2 is 2.20 bits per heavy atom. The number of hydrogen-bond acceptors (Lipinski definition) is 4. The molecule has 4 heteroatoms. The maximum atomic E-state index is 5.88. The summed E-state index contributed by atoms with van der Waals surface area (Å²) in [7, 11) is 0. The summed E-state index contributed by atoms with van der Waals surface area (Å²) in [5.41, 5.74) is 5.88. The maximum absolute atomic E-state index is 5.88. The van der Waals surface area contributed by atoms with Crippen molar-refractivity contribution in [1.82, 2.24) is 4.90 Å². The zero-order chi connectivity index (χ0) is 10.7. The zero-order valence-electron chi connectivity index (χ0n) is 9.58. The van der Waals surface area contributed by atoms with Crippen LogP contribution in [-0.2, 0) is 4.74 Å². The lowest BCUT2D eigenvalue weighted by molar-refractivity contribution is 0.118. The summed E-state index contributed by atoms with van der Waals surface area (Å²) in [5, 5.41) is 0. The lowest BCUT2D eigenvalue weighted by Crippen LogP contribution is -2.49. The molecule has 0 saturated carbocycles. The summed E-state index contributed by atoms with van der Waals surface area (Å²) in [4.78, 5) is 2.59. The second-order valence-electron chi connectivity index (χ2n) is 4.64. The van der Waals surface area contributed by atoms with Gasteiger partial charge in [-0.2, -0.15) is 11.8 Å². The van der Waals surface area contributed by atoms with Crippen LogP contribution in [0.1, 0.15) is 19.3 Å². The van der Waals surface area contributed by atoms with Gasteiger partial charge in [-0.1, -0.05) is 0 Å². The van der Waals surface area contributed by atoms with Gasteiger partial charge in [0.25, 0.3) is 0 Å². The summed E-state index contributed by atoms with van der Waals surface area (Å²) in [6, 6.07) is 0.683. The van der Waals surface area contributed by atoms with Crippen molar-refractivity contribution in [2.24, 2.45) is 5.73 Å². The van der Waals surface area contributed by atoms with E-state index in [0.29, 0.717) is 10.8 Å². The number of rotatable bonds is 3. The van der Waals surface area contributed by atoms with E-state index in [1.54, 1.807) is 0 Å². The van der Waals surface area contributed by atoms with Crippen LogP contribution in [0.5, 0.6) is 0 Å². The molecule has 2 rings (SSSR count). The quantitative estimate of drug-likeness (QED) is 0.783. The summed E-state index contributed by atoms with van der Waals surface area (Å²) in [5.74, 6) is 0. The van der Waals surface area contributed by atoms with Crippen molar-refractivity contribution in [3.8, 4) is 0 Å². The van der Waals surface area contributed by atoms with Gasteiger partial charge in [-0.05, 0) is 38.6 Å². The van der Waals surface area contributed by atoms with E-state index in [0.717, 1.165) is 19.8 Å². The fraction of sp³-hybridized carbons (Fsp3) is 1.00. The van der Waals surface area contributed by atoms with E-state index >= 15 is 0 Å². The second kappa shape index (κ2) is 5.04. The topological polar surface area (TPSA) is 38.5 Å². The molecule has 2 aliphatic heterocycles. The summed E-state index contributed by atoms with van der Waals surface area (Å²) >= 11 is 1.95. The predicted octanol–water partition coefficient (Wildman–Crippen LogP) is 0.932. The Labute approximate surface area is 96.7 Å². The van der Waals surface area contributed by atoms with E-state index in [1.807, 2.05) is 11.8 Å². The lowest BCUT2D eigenvalue weighted by atomic mass is 9.94. The number of nitrogens with zero attached hydrogens (tertiary/aromatic N) is 1. The molecule has 88 valence electrons. The van der Waals surface area contributed by atoms with Gasteiger partial charge >= 0.3 is 0 Å². The molecule has 0 aromatic rings. The molecule has 0 aromatic heterocycles. The molecule has 2 saturated heterocycles. The van der Waals surface area contributed by atoms with Crippen LogP contribution < -0.4 is 5.73 Å². The van der Waals surface area contributed by atoms with Gasteiger partial charge in [0, 0.05) is 23.9 Å². The molecule has 1 unspecified atom stereocenters. The molecule has 2 aliphatic rings. The van der Waals surface area contributed by atoms with Gasteiger partial charge in [0.2, 0.25) is 0 Å². The van der Waals surface area contributed by atoms with E-state index in [4.69, 9.17) is 10.5 Å². The molecule has 2 heterocycles. The molecule has 0 bridgehead atoms. The minimum absolute atomic E-state index is 0.357. The molecule has 0 amide bonds. The van der Waals surface area contributed by atoms with Gasteiger partial charge in [-0.25, -0.2) is 0 Å². The maximum Gasteiger partial charge on any atom is 0.0622 e. The van der Waals surface area contributed by atoms with Crippen LogP contribution in [0.2, 0.25) is 0 Å². The van der Waals surface area contributed by atoms with Gasteiger partial charge < -0.3 is 10.5 Å². The number of thioether (sulfide) groups is 1. The minimum Gasteiger partial charge on any atom is -0.380 e.